The zero-order valence-electron chi connectivity index (χ0n) is 9.37. The van der Waals surface area contributed by atoms with Crippen molar-refractivity contribution in [2.24, 2.45) is 5.92 Å². The van der Waals surface area contributed by atoms with Crippen molar-refractivity contribution in [2.45, 2.75) is 17.3 Å². The summed E-state index contributed by atoms with van der Waals surface area (Å²) in [6.45, 7) is 0.420. The molecule has 1 aliphatic rings. The highest BCUT2D eigenvalue weighted by Gasteiger charge is 2.56. The normalized spacial score (nSPS) is 20.8. The van der Waals surface area contributed by atoms with E-state index in [1.807, 2.05) is 24.3 Å². The molecule has 2 rings (SSSR count). The van der Waals surface area contributed by atoms with Crippen LogP contribution < -0.4 is 10.1 Å². The molecule has 1 amide bonds. The summed E-state index contributed by atoms with van der Waals surface area (Å²) in [6, 6.07) is 7.54. The van der Waals surface area contributed by atoms with Gasteiger partial charge >= 0.3 is 0 Å². The first-order valence-corrected chi connectivity index (χ1v) is 6.07. The second kappa shape index (κ2) is 4.75. The number of ether oxygens (including phenoxy) is 1. The number of carbonyl (C=O) groups is 1. The lowest BCUT2D eigenvalue weighted by Gasteiger charge is -2.09. The Morgan fingerprint density at radius 2 is 2.18 bits per heavy atom. The van der Waals surface area contributed by atoms with Crippen molar-refractivity contribution in [2.75, 3.05) is 7.11 Å². The molecule has 0 spiro atoms. The van der Waals surface area contributed by atoms with Gasteiger partial charge in [-0.1, -0.05) is 18.2 Å². The fraction of sp³-hybridized carbons (Fsp3) is 0.417. The van der Waals surface area contributed by atoms with Gasteiger partial charge in [-0.15, -0.1) is 23.2 Å². The Balaban J connectivity index is 1.92. The van der Waals surface area contributed by atoms with Crippen LogP contribution in [0.25, 0.3) is 0 Å². The Hall–Kier alpha value is -0.930. The zero-order valence-corrected chi connectivity index (χ0v) is 10.9. The number of rotatable bonds is 4. The summed E-state index contributed by atoms with van der Waals surface area (Å²) in [4.78, 5) is 11.7. The van der Waals surface area contributed by atoms with E-state index in [1.165, 1.54) is 0 Å². The maximum Gasteiger partial charge on any atom is 0.226 e. The molecule has 0 radical (unpaired) electrons. The molecule has 5 heteroatoms. The van der Waals surface area contributed by atoms with Gasteiger partial charge in [0, 0.05) is 12.1 Å². The first kappa shape index (κ1) is 12.5. The maximum absolute atomic E-state index is 11.7. The molecule has 92 valence electrons. The van der Waals surface area contributed by atoms with Gasteiger partial charge in [0.25, 0.3) is 0 Å². The van der Waals surface area contributed by atoms with Crippen LogP contribution in [-0.4, -0.2) is 17.4 Å². The van der Waals surface area contributed by atoms with Crippen LogP contribution in [0.2, 0.25) is 0 Å². The van der Waals surface area contributed by atoms with Crippen LogP contribution in [0.3, 0.4) is 0 Å². The third-order valence-electron chi connectivity index (χ3n) is 2.79. The third-order valence-corrected chi connectivity index (χ3v) is 3.62. The van der Waals surface area contributed by atoms with E-state index in [1.54, 1.807) is 7.11 Å². The van der Waals surface area contributed by atoms with Crippen molar-refractivity contribution in [3.8, 4) is 5.75 Å². The van der Waals surface area contributed by atoms with Crippen molar-refractivity contribution in [3.63, 3.8) is 0 Å². The number of para-hydroxylation sites is 1. The summed E-state index contributed by atoms with van der Waals surface area (Å²) in [5, 5.41) is 2.80. The molecule has 0 bridgehead atoms. The molecule has 1 aliphatic carbocycles. The van der Waals surface area contributed by atoms with Crippen molar-refractivity contribution in [3.05, 3.63) is 29.8 Å². The Morgan fingerprint density at radius 3 is 2.76 bits per heavy atom. The minimum atomic E-state index is -0.870. The van der Waals surface area contributed by atoms with Crippen LogP contribution in [0.15, 0.2) is 24.3 Å². The molecule has 1 saturated carbocycles. The molecular formula is C12H13Cl2NO2. The maximum atomic E-state index is 11.7. The number of carbonyl (C=O) groups excluding carboxylic acids is 1. The van der Waals surface area contributed by atoms with Gasteiger partial charge in [-0.05, 0) is 12.5 Å². The van der Waals surface area contributed by atoms with Crippen molar-refractivity contribution >= 4 is 29.1 Å². The highest BCUT2D eigenvalue weighted by atomic mass is 35.5. The molecule has 3 nitrogen and oxygen atoms in total. The summed E-state index contributed by atoms with van der Waals surface area (Å²) in [5.41, 5.74) is 0.929. The van der Waals surface area contributed by atoms with Gasteiger partial charge in [0.15, 0.2) is 0 Å². The molecule has 1 atom stereocenters. The monoisotopic (exact) mass is 273 g/mol. The van der Waals surface area contributed by atoms with Crippen molar-refractivity contribution in [1.29, 1.82) is 0 Å². The summed E-state index contributed by atoms with van der Waals surface area (Å²) >= 11 is 11.6. The number of hydrogen-bond donors (Lipinski definition) is 1. The minimum absolute atomic E-state index is 0.110. The topological polar surface area (TPSA) is 38.3 Å². The largest absolute Gasteiger partial charge is 0.496 e. The number of nitrogens with one attached hydrogen (secondary N) is 1. The molecule has 1 unspecified atom stereocenters. The Labute approximate surface area is 110 Å². The fourth-order valence-corrected chi connectivity index (χ4v) is 2.16. The highest BCUT2D eigenvalue weighted by Crippen LogP contribution is 2.53. The van der Waals surface area contributed by atoms with Crippen molar-refractivity contribution < 1.29 is 9.53 Å². The summed E-state index contributed by atoms with van der Waals surface area (Å²) < 4.78 is 4.32. The highest BCUT2D eigenvalue weighted by molar-refractivity contribution is 6.52. The molecule has 0 heterocycles. The molecular weight excluding hydrogens is 261 g/mol. The van der Waals surface area contributed by atoms with Crippen LogP contribution in [-0.2, 0) is 11.3 Å². The van der Waals surface area contributed by atoms with Crippen LogP contribution >= 0.6 is 23.2 Å². The quantitative estimate of drug-likeness (QED) is 0.857. The first-order chi connectivity index (χ1) is 8.04. The van der Waals surface area contributed by atoms with Gasteiger partial charge in [-0.2, -0.15) is 0 Å². The molecule has 1 N–H and O–H groups in total. The van der Waals surface area contributed by atoms with Crippen LogP contribution in [0.5, 0.6) is 5.75 Å². The Morgan fingerprint density at radius 1 is 1.53 bits per heavy atom. The van der Waals surface area contributed by atoms with E-state index in [2.05, 4.69) is 5.32 Å². The average molecular weight is 274 g/mol. The van der Waals surface area contributed by atoms with E-state index in [-0.39, 0.29) is 11.8 Å². The lowest BCUT2D eigenvalue weighted by molar-refractivity contribution is -0.122. The first-order valence-electron chi connectivity index (χ1n) is 5.32. The molecule has 0 aromatic heterocycles. The number of hydrogen-bond acceptors (Lipinski definition) is 2. The number of benzene rings is 1. The fourth-order valence-electron chi connectivity index (χ4n) is 1.65. The summed E-state index contributed by atoms with van der Waals surface area (Å²) in [6.07, 6.45) is 0.522. The number of methoxy groups -OCH3 is 1. The Kier molecular flexibility index (Phi) is 3.50. The smallest absolute Gasteiger partial charge is 0.226 e. The summed E-state index contributed by atoms with van der Waals surface area (Å²) in [7, 11) is 1.60. The number of halogens is 2. The standard InChI is InChI=1S/C12H13Cl2NO2/c1-17-10-5-3-2-4-8(10)7-15-11(16)9-6-12(9,13)14/h2-5,9H,6-7H2,1H3,(H,15,16). The van der Waals surface area contributed by atoms with Crippen LogP contribution in [0.1, 0.15) is 12.0 Å². The van der Waals surface area contributed by atoms with Gasteiger partial charge in [0.1, 0.15) is 10.1 Å². The average Bonchev–Trinajstić information content (AvgIpc) is 2.96. The van der Waals surface area contributed by atoms with E-state index >= 15 is 0 Å². The molecule has 0 aliphatic heterocycles. The van der Waals surface area contributed by atoms with Gasteiger partial charge in [-0.3, -0.25) is 4.79 Å². The van der Waals surface area contributed by atoms with Crippen LogP contribution in [0, 0.1) is 5.92 Å². The van der Waals surface area contributed by atoms with Gasteiger partial charge in [0.05, 0.1) is 13.0 Å². The van der Waals surface area contributed by atoms with E-state index in [0.717, 1.165) is 11.3 Å². The Bertz CT molecular complexity index is 434. The molecule has 17 heavy (non-hydrogen) atoms. The van der Waals surface area contributed by atoms with Gasteiger partial charge in [0.2, 0.25) is 5.91 Å². The number of amides is 1. The van der Waals surface area contributed by atoms with E-state index < -0.39 is 4.33 Å². The number of alkyl halides is 2. The SMILES string of the molecule is COc1ccccc1CNC(=O)C1CC1(Cl)Cl. The predicted octanol–water partition coefficient (Wildman–Crippen LogP) is 2.51. The second-order valence-electron chi connectivity index (χ2n) is 4.05. The predicted molar refractivity (Wildman–Crippen MR) is 67.4 cm³/mol. The van der Waals surface area contributed by atoms with E-state index in [4.69, 9.17) is 27.9 Å². The lowest BCUT2D eigenvalue weighted by Crippen LogP contribution is -2.26. The third kappa shape index (κ3) is 2.85. The molecule has 1 fully saturated rings. The summed E-state index contributed by atoms with van der Waals surface area (Å²) in [5.74, 6) is 0.355. The van der Waals surface area contributed by atoms with E-state index in [0.29, 0.717) is 13.0 Å². The van der Waals surface area contributed by atoms with E-state index in [9.17, 15) is 4.79 Å². The lowest BCUT2D eigenvalue weighted by atomic mass is 10.2. The molecule has 0 saturated heterocycles. The molecule has 1 aromatic carbocycles. The van der Waals surface area contributed by atoms with Crippen LogP contribution in [0.4, 0.5) is 0 Å². The second-order valence-corrected chi connectivity index (χ2v) is 5.59. The molecule has 1 aromatic rings. The zero-order chi connectivity index (χ0) is 12.5. The van der Waals surface area contributed by atoms with Gasteiger partial charge in [-0.25, -0.2) is 0 Å². The minimum Gasteiger partial charge on any atom is -0.496 e. The van der Waals surface area contributed by atoms with Crippen molar-refractivity contribution in [1.82, 2.24) is 5.32 Å². The van der Waals surface area contributed by atoms with Gasteiger partial charge < -0.3 is 10.1 Å².